The third-order valence-electron chi connectivity index (χ3n) is 6.46. The van der Waals surface area contributed by atoms with Crippen LogP contribution < -0.4 is 0 Å². The van der Waals surface area contributed by atoms with Gasteiger partial charge in [-0.1, -0.05) is 30.3 Å². The molecule has 2 heterocycles. The molecule has 4 rings (SSSR count). The summed E-state index contributed by atoms with van der Waals surface area (Å²) in [5.41, 5.74) is 0.776. The van der Waals surface area contributed by atoms with E-state index in [9.17, 15) is 9.59 Å². The molecule has 0 aromatic heterocycles. The maximum atomic E-state index is 13.2. The number of rotatable bonds is 9. The molecule has 158 valence electrons. The number of nitrogens with zero attached hydrogens (tertiary/aromatic N) is 4. The number of hydrogen-bond acceptors (Lipinski definition) is 4. The van der Waals surface area contributed by atoms with E-state index in [0.717, 1.165) is 32.1 Å². The highest BCUT2D eigenvalue weighted by Gasteiger charge is 2.40. The summed E-state index contributed by atoms with van der Waals surface area (Å²) < 4.78 is 0. The van der Waals surface area contributed by atoms with Gasteiger partial charge in [-0.3, -0.25) is 9.59 Å². The number of hydrogen-bond donors (Lipinski definition) is 0. The van der Waals surface area contributed by atoms with Gasteiger partial charge in [0.15, 0.2) is 5.66 Å². The molecule has 0 spiro atoms. The van der Waals surface area contributed by atoms with Gasteiger partial charge in [-0.25, -0.2) is 0 Å². The molecule has 6 heteroatoms. The van der Waals surface area contributed by atoms with Crippen molar-refractivity contribution in [1.82, 2.24) is 9.80 Å². The molecule has 1 aromatic carbocycles. The molecule has 0 radical (unpaired) electrons. The van der Waals surface area contributed by atoms with Crippen LogP contribution in [0.2, 0.25) is 0 Å². The number of carbonyl (C=O) groups is 2. The molecule has 1 saturated carbocycles. The van der Waals surface area contributed by atoms with Gasteiger partial charge < -0.3 is 9.80 Å². The average molecular weight is 407 g/mol. The fourth-order valence-corrected chi connectivity index (χ4v) is 4.30. The summed E-state index contributed by atoms with van der Waals surface area (Å²) >= 11 is 0. The first-order valence-electron chi connectivity index (χ1n) is 11.1. The van der Waals surface area contributed by atoms with Gasteiger partial charge >= 0.3 is 0 Å². The molecule has 2 fully saturated rings. The summed E-state index contributed by atoms with van der Waals surface area (Å²) in [6.07, 6.45) is 11.5. The molecule has 0 N–H and O–H groups in total. The predicted molar refractivity (Wildman–Crippen MR) is 114 cm³/mol. The molecular weight excluding hydrogens is 376 g/mol. The third kappa shape index (κ3) is 5.08. The van der Waals surface area contributed by atoms with Gasteiger partial charge in [0.2, 0.25) is 11.8 Å². The highest BCUT2D eigenvalue weighted by Crippen LogP contribution is 2.38. The van der Waals surface area contributed by atoms with Crippen molar-refractivity contribution >= 4 is 11.8 Å². The van der Waals surface area contributed by atoms with E-state index < -0.39 is 5.66 Å². The van der Waals surface area contributed by atoms with Gasteiger partial charge in [-0.05, 0) is 31.2 Å². The van der Waals surface area contributed by atoms with Crippen molar-refractivity contribution in [2.24, 2.45) is 16.1 Å². The second-order valence-electron chi connectivity index (χ2n) is 8.72. The molecule has 2 aliphatic heterocycles. The Morgan fingerprint density at radius 3 is 2.40 bits per heavy atom. The van der Waals surface area contributed by atoms with Gasteiger partial charge in [0.25, 0.3) is 0 Å². The van der Waals surface area contributed by atoms with Gasteiger partial charge in [-0.2, -0.15) is 10.2 Å². The molecule has 1 aromatic rings. The van der Waals surface area contributed by atoms with Crippen molar-refractivity contribution < 1.29 is 9.59 Å². The molecule has 0 unspecified atom stereocenters. The van der Waals surface area contributed by atoms with Crippen molar-refractivity contribution in [1.29, 1.82) is 0 Å². The maximum absolute atomic E-state index is 13.2. The standard InChI is InChI=1S/C24H30N4O2/c1-2-3-14-24(25-26-24)15-11-22(29)27-16-12-20(13-17-27)23(30)28(21-9-10-21)18-19-7-5-4-6-8-19/h1,4-8,20-21H,3,9-18H2. The van der Waals surface area contributed by atoms with Crippen LogP contribution in [0.4, 0.5) is 0 Å². The Morgan fingerprint density at radius 2 is 1.80 bits per heavy atom. The SMILES string of the molecule is C#CCCC1(CCC(=O)N2CCC(C(=O)N(Cc3ccccc3)C3CC3)CC2)N=N1. The Labute approximate surface area is 178 Å². The Kier molecular flexibility index (Phi) is 6.17. The number of carbonyl (C=O) groups excluding carboxylic acids is 2. The Morgan fingerprint density at radius 1 is 1.10 bits per heavy atom. The third-order valence-corrected chi connectivity index (χ3v) is 6.46. The van der Waals surface area contributed by atoms with E-state index in [1.807, 2.05) is 23.1 Å². The fourth-order valence-electron chi connectivity index (χ4n) is 4.30. The van der Waals surface area contributed by atoms with E-state index in [0.29, 0.717) is 44.9 Å². The first-order chi connectivity index (χ1) is 14.6. The lowest BCUT2D eigenvalue weighted by atomic mass is 9.94. The summed E-state index contributed by atoms with van der Waals surface area (Å²) in [7, 11) is 0. The van der Waals surface area contributed by atoms with Crippen LogP contribution in [-0.2, 0) is 16.1 Å². The second kappa shape index (κ2) is 8.99. The molecule has 0 bridgehead atoms. The van der Waals surface area contributed by atoms with Crippen LogP contribution in [0.25, 0.3) is 0 Å². The summed E-state index contributed by atoms with van der Waals surface area (Å²) in [6, 6.07) is 10.6. The van der Waals surface area contributed by atoms with Crippen molar-refractivity contribution in [3.05, 3.63) is 35.9 Å². The normalized spacial score (nSPS) is 19.9. The van der Waals surface area contributed by atoms with Crippen molar-refractivity contribution in [2.75, 3.05) is 13.1 Å². The van der Waals surface area contributed by atoms with Crippen LogP contribution >= 0.6 is 0 Å². The van der Waals surface area contributed by atoms with Crippen LogP contribution in [0, 0.1) is 18.3 Å². The second-order valence-corrected chi connectivity index (χ2v) is 8.72. The monoisotopic (exact) mass is 406 g/mol. The predicted octanol–water partition coefficient (Wildman–Crippen LogP) is 3.77. The van der Waals surface area contributed by atoms with Crippen molar-refractivity contribution in [2.45, 2.75) is 69.6 Å². The zero-order valence-electron chi connectivity index (χ0n) is 17.5. The highest BCUT2D eigenvalue weighted by molar-refractivity contribution is 5.81. The summed E-state index contributed by atoms with van der Waals surface area (Å²) in [4.78, 5) is 29.8. The highest BCUT2D eigenvalue weighted by atomic mass is 16.2. The fraction of sp³-hybridized carbons (Fsp3) is 0.583. The van der Waals surface area contributed by atoms with Gasteiger partial charge in [0.05, 0.1) is 0 Å². The lowest BCUT2D eigenvalue weighted by Crippen LogP contribution is -2.45. The van der Waals surface area contributed by atoms with Crippen LogP contribution in [0.1, 0.15) is 56.9 Å². The minimum absolute atomic E-state index is 0.0220. The number of benzene rings is 1. The van der Waals surface area contributed by atoms with E-state index in [1.165, 1.54) is 5.56 Å². The Bertz CT molecular complexity index is 827. The maximum Gasteiger partial charge on any atom is 0.226 e. The smallest absolute Gasteiger partial charge is 0.226 e. The van der Waals surface area contributed by atoms with E-state index in [4.69, 9.17) is 6.42 Å². The van der Waals surface area contributed by atoms with Crippen LogP contribution in [0.15, 0.2) is 40.6 Å². The summed E-state index contributed by atoms with van der Waals surface area (Å²) in [5.74, 6) is 3.04. The van der Waals surface area contributed by atoms with Crippen LogP contribution in [0.5, 0.6) is 0 Å². The largest absolute Gasteiger partial charge is 0.343 e. The quantitative estimate of drug-likeness (QED) is 0.586. The van der Waals surface area contributed by atoms with Gasteiger partial charge in [0.1, 0.15) is 0 Å². The molecule has 3 aliphatic rings. The minimum atomic E-state index is -0.404. The number of amides is 2. The first kappa shape index (κ1) is 20.6. The van der Waals surface area contributed by atoms with E-state index in [1.54, 1.807) is 0 Å². The molecular formula is C24H30N4O2. The van der Waals surface area contributed by atoms with E-state index >= 15 is 0 Å². The number of piperidine rings is 1. The number of likely N-dealkylation sites (tertiary alicyclic amines) is 1. The van der Waals surface area contributed by atoms with Crippen LogP contribution in [0.3, 0.4) is 0 Å². The zero-order valence-corrected chi connectivity index (χ0v) is 17.5. The summed E-state index contributed by atoms with van der Waals surface area (Å²) in [5, 5.41) is 8.22. The average Bonchev–Trinajstić information content (AvgIpc) is 3.71. The van der Waals surface area contributed by atoms with E-state index in [-0.39, 0.29) is 17.7 Å². The summed E-state index contributed by atoms with van der Waals surface area (Å²) in [6.45, 7) is 2.01. The van der Waals surface area contributed by atoms with Crippen LogP contribution in [-0.4, -0.2) is 46.4 Å². The lowest BCUT2D eigenvalue weighted by molar-refractivity contribution is -0.141. The minimum Gasteiger partial charge on any atom is -0.343 e. The first-order valence-corrected chi connectivity index (χ1v) is 11.1. The van der Waals surface area contributed by atoms with Crippen molar-refractivity contribution in [3.8, 4) is 12.3 Å². The van der Waals surface area contributed by atoms with Crippen molar-refractivity contribution in [3.63, 3.8) is 0 Å². The zero-order chi connectivity index (χ0) is 21.0. The van der Waals surface area contributed by atoms with Gasteiger partial charge in [-0.15, -0.1) is 12.3 Å². The molecule has 1 saturated heterocycles. The molecule has 2 amide bonds. The molecule has 6 nitrogen and oxygen atoms in total. The molecule has 0 atom stereocenters. The molecule has 30 heavy (non-hydrogen) atoms. The Balaban J connectivity index is 1.25. The molecule has 1 aliphatic carbocycles. The topological polar surface area (TPSA) is 65.3 Å². The van der Waals surface area contributed by atoms with E-state index in [2.05, 4.69) is 33.2 Å². The van der Waals surface area contributed by atoms with Gasteiger partial charge in [0, 0.05) is 57.3 Å². The lowest BCUT2D eigenvalue weighted by Gasteiger charge is -2.34. The Hall–Kier alpha value is -2.68. The number of terminal acetylenes is 1.